The maximum atomic E-state index is 12.7. The fraction of sp³-hybridized carbons (Fsp3) is 0.318. The van der Waals surface area contributed by atoms with E-state index in [-0.39, 0.29) is 5.56 Å². The van der Waals surface area contributed by atoms with Gasteiger partial charge < -0.3 is 14.6 Å². The zero-order chi connectivity index (χ0) is 18.1. The van der Waals surface area contributed by atoms with Crippen molar-refractivity contribution in [2.45, 2.75) is 18.8 Å². The van der Waals surface area contributed by atoms with Gasteiger partial charge in [0.1, 0.15) is 5.75 Å². The van der Waals surface area contributed by atoms with Crippen LogP contribution in [0, 0.1) is 0 Å². The van der Waals surface area contributed by atoms with Gasteiger partial charge in [0.2, 0.25) is 0 Å². The molecule has 0 atom stereocenters. The van der Waals surface area contributed by atoms with Crippen LogP contribution >= 0.6 is 0 Å². The molecule has 3 aromatic rings. The average Bonchev–Trinajstić information content (AvgIpc) is 2.68. The minimum absolute atomic E-state index is 0.00109. The van der Waals surface area contributed by atoms with Gasteiger partial charge in [0.15, 0.2) is 0 Å². The molecule has 2 heterocycles. The van der Waals surface area contributed by atoms with Gasteiger partial charge in [0.25, 0.3) is 5.56 Å². The van der Waals surface area contributed by atoms with E-state index in [0.717, 1.165) is 59.3 Å². The number of ether oxygens (including phenoxy) is 1. The molecule has 1 N–H and O–H groups in total. The molecule has 0 radical (unpaired) electrons. The summed E-state index contributed by atoms with van der Waals surface area (Å²) in [5.41, 5.74) is 3.29. The van der Waals surface area contributed by atoms with E-state index in [4.69, 9.17) is 4.74 Å². The largest absolute Gasteiger partial charge is 0.497 e. The summed E-state index contributed by atoms with van der Waals surface area (Å²) in [5, 5.41) is 1.75. The van der Waals surface area contributed by atoms with Crippen molar-refractivity contribution in [1.29, 1.82) is 0 Å². The van der Waals surface area contributed by atoms with Crippen LogP contribution in [0.2, 0.25) is 0 Å². The Kier molecular flexibility index (Phi) is 4.51. The maximum Gasteiger partial charge on any atom is 0.256 e. The highest BCUT2D eigenvalue weighted by atomic mass is 16.5. The number of aromatic amines is 1. The first kappa shape index (κ1) is 16.9. The van der Waals surface area contributed by atoms with Crippen LogP contribution in [0.1, 0.15) is 24.5 Å². The van der Waals surface area contributed by atoms with E-state index in [1.807, 2.05) is 30.3 Å². The number of nitrogens with zero attached hydrogens (tertiary/aromatic N) is 1. The monoisotopic (exact) mass is 348 g/mol. The summed E-state index contributed by atoms with van der Waals surface area (Å²) in [6.45, 7) is 2.11. The Labute approximate surface area is 153 Å². The van der Waals surface area contributed by atoms with Crippen LogP contribution < -0.4 is 10.3 Å². The number of H-pyrrole nitrogens is 1. The fourth-order valence-electron chi connectivity index (χ4n) is 3.99. The number of aromatic nitrogens is 1. The van der Waals surface area contributed by atoms with E-state index in [9.17, 15) is 4.79 Å². The molecule has 1 aromatic heterocycles. The highest BCUT2D eigenvalue weighted by molar-refractivity contribution is 5.97. The fourth-order valence-corrected chi connectivity index (χ4v) is 3.99. The summed E-state index contributed by atoms with van der Waals surface area (Å²) in [4.78, 5) is 18.3. The molecule has 4 nitrogen and oxygen atoms in total. The van der Waals surface area contributed by atoms with Crippen molar-refractivity contribution in [3.8, 4) is 16.9 Å². The third-order valence-electron chi connectivity index (χ3n) is 5.44. The Morgan fingerprint density at radius 2 is 1.77 bits per heavy atom. The lowest BCUT2D eigenvalue weighted by molar-refractivity contribution is 0.253. The highest BCUT2D eigenvalue weighted by Crippen LogP contribution is 2.38. The van der Waals surface area contributed by atoms with Gasteiger partial charge in [-0.15, -0.1) is 0 Å². The summed E-state index contributed by atoms with van der Waals surface area (Å²) in [6.07, 6.45) is 2.11. The number of methoxy groups -OCH3 is 1. The van der Waals surface area contributed by atoms with E-state index in [0.29, 0.717) is 5.92 Å². The number of nitrogens with one attached hydrogen (secondary N) is 1. The number of rotatable bonds is 3. The molecule has 1 aliphatic heterocycles. The smallest absolute Gasteiger partial charge is 0.256 e. The molecule has 0 amide bonds. The molecule has 1 saturated heterocycles. The van der Waals surface area contributed by atoms with Crippen molar-refractivity contribution in [2.75, 3.05) is 27.2 Å². The standard InChI is InChI=1S/C22H24N2O2/c1-24-12-10-15(11-13-24)21-20(16-6-5-7-17(14-16)26-2)18-8-3-4-9-19(18)22(25)23-21/h3-9,14-15H,10-13H2,1-2H3,(H,23,25). The molecule has 26 heavy (non-hydrogen) atoms. The van der Waals surface area contributed by atoms with Crippen LogP contribution in [0.25, 0.3) is 21.9 Å². The number of pyridine rings is 1. The summed E-state index contributed by atoms with van der Waals surface area (Å²) in [6, 6.07) is 16.0. The Morgan fingerprint density at radius 1 is 1.04 bits per heavy atom. The second-order valence-corrected chi connectivity index (χ2v) is 7.10. The number of hydrogen-bond donors (Lipinski definition) is 1. The van der Waals surface area contributed by atoms with E-state index in [2.05, 4.69) is 35.1 Å². The average molecular weight is 348 g/mol. The van der Waals surface area contributed by atoms with Crippen LogP contribution in [0.15, 0.2) is 53.3 Å². The van der Waals surface area contributed by atoms with Crippen molar-refractivity contribution in [3.05, 3.63) is 64.6 Å². The van der Waals surface area contributed by atoms with Gasteiger partial charge in [-0.25, -0.2) is 0 Å². The third kappa shape index (κ3) is 3.01. The molecular weight excluding hydrogens is 324 g/mol. The Balaban J connectivity index is 1.97. The Hall–Kier alpha value is -2.59. The molecule has 4 heteroatoms. The van der Waals surface area contributed by atoms with Crippen molar-refractivity contribution < 1.29 is 4.74 Å². The second kappa shape index (κ2) is 6.96. The first-order chi connectivity index (χ1) is 12.7. The zero-order valence-electron chi connectivity index (χ0n) is 15.3. The second-order valence-electron chi connectivity index (χ2n) is 7.10. The number of likely N-dealkylation sites (tertiary alicyclic amines) is 1. The van der Waals surface area contributed by atoms with Gasteiger partial charge in [-0.1, -0.05) is 30.3 Å². The molecule has 1 aliphatic rings. The molecule has 0 bridgehead atoms. The Bertz CT molecular complexity index is 985. The summed E-state index contributed by atoms with van der Waals surface area (Å²) >= 11 is 0. The molecule has 2 aromatic carbocycles. The van der Waals surface area contributed by atoms with E-state index in [1.165, 1.54) is 0 Å². The summed E-state index contributed by atoms with van der Waals surface area (Å²) in [7, 11) is 3.84. The van der Waals surface area contributed by atoms with Gasteiger partial charge in [0.05, 0.1) is 7.11 Å². The lowest BCUT2D eigenvalue weighted by Crippen LogP contribution is -2.30. The topological polar surface area (TPSA) is 45.3 Å². The van der Waals surface area contributed by atoms with Gasteiger partial charge >= 0.3 is 0 Å². The molecular formula is C22H24N2O2. The first-order valence-corrected chi connectivity index (χ1v) is 9.15. The molecule has 134 valence electrons. The van der Waals surface area contributed by atoms with Crippen molar-refractivity contribution in [2.24, 2.45) is 0 Å². The van der Waals surface area contributed by atoms with Crippen LogP contribution in [0.5, 0.6) is 5.75 Å². The van der Waals surface area contributed by atoms with E-state index < -0.39 is 0 Å². The quantitative estimate of drug-likeness (QED) is 0.778. The summed E-state index contributed by atoms with van der Waals surface area (Å²) < 4.78 is 5.43. The molecule has 0 aliphatic carbocycles. The lowest BCUT2D eigenvalue weighted by Gasteiger charge is -2.30. The number of benzene rings is 2. The van der Waals surface area contributed by atoms with E-state index >= 15 is 0 Å². The first-order valence-electron chi connectivity index (χ1n) is 9.15. The van der Waals surface area contributed by atoms with Gasteiger partial charge in [0, 0.05) is 22.6 Å². The van der Waals surface area contributed by atoms with Crippen LogP contribution in [0.3, 0.4) is 0 Å². The zero-order valence-corrected chi connectivity index (χ0v) is 15.3. The van der Waals surface area contributed by atoms with Crippen LogP contribution in [0.4, 0.5) is 0 Å². The molecule has 1 fully saturated rings. The predicted octanol–water partition coefficient (Wildman–Crippen LogP) is 4.01. The Morgan fingerprint density at radius 3 is 2.50 bits per heavy atom. The SMILES string of the molecule is COc1cccc(-c2c(C3CCN(C)CC3)[nH]c(=O)c3ccccc23)c1. The van der Waals surface area contributed by atoms with Gasteiger partial charge in [-0.05, 0) is 62.1 Å². The van der Waals surface area contributed by atoms with Crippen molar-refractivity contribution in [3.63, 3.8) is 0 Å². The maximum absolute atomic E-state index is 12.7. The number of piperidine rings is 1. The molecule has 0 saturated carbocycles. The molecule has 4 rings (SSSR count). The normalized spacial score (nSPS) is 16.1. The summed E-state index contributed by atoms with van der Waals surface area (Å²) in [5.74, 6) is 1.19. The number of hydrogen-bond acceptors (Lipinski definition) is 3. The highest BCUT2D eigenvalue weighted by Gasteiger charge is 2.24. The third-order valence-corrected chi connectivity index (χ3v) is 5.44. The van der Waals surface area contributed by atoms with Gasteiger partial charge in [-0.2, -0.15) is 0 Å². The van der Waals surface area contributed by atoms with Crippen molar-refractivity contribution >= 4 is 10.8 Å². The minimum Gasteiger partial charge on any atom is -0.497 e. The van der Waals surface area contributed by atoms with Gasteiger partial charge in [-0.3, -0.25) is 4.79 Å². The molecule has 0 spiro atoms. The molecule has 0 unspecified atom stereocenters. The minimum atomic E-state index is 0.00109. The number of fused-ring (bicyclic) bond motifs is 1. The van der Waals surface area contributed by atoms with Crippen molar-refractivity contribution in [1.82, 2.24) is 9.88 Å². The van der Waals surface area contributed by atoms with Crippen LogP contribution in [-0.4, -0.2) is 37.1 Å². The predicted molar refractivity (Wildman–Crippen MR) is 106 cm³/mol. The lowest BCUT2D eigenvalue weighted by atomic mass is 9.86. The van der Waals surface area contributed by atoms with E-state index in [1.54, 1.807) is 7.11 Å². The van der Waals surface area contributed by atoms with Crippen LogP contribution in [-0.2, 0) is 0 Å².